The SMILES string of the molecule is CCC(C)(CCl)NCC1OCCc2ccccc21. The van der Waals surface area contributed by atoms with Crippen molar-refractivity contribution in [2.24, 2.45) is 0 Å². The van der Waals surface area contributed by atoms with Crippen LogP contribution in [0.15, 0.2) is 24.3 Å². The van der Waals surface area contributed by atoms with Gasteiger partial charge in [-0.3, -0.25) is 0 Å². The Morgan fingerprint density at radius 3 is 2.94 bits per heavy atom. The highest BCUT2D eigenvalue weighted by Crippen LogP contribution is 2.27. The second-order valence-electron chi connectivity index (χ2n) is 5.24. The van der Waals surface area contributed by atoms with E-state index in [0.717, 1.165) is 26.0 Å². The van der Waals surface area contributed by atoms with Crippen LogP contribution in [0.1, 0.15) is 37.5 Å². The topological polar surface area (TPSA) is 21.3 Å². The molecule has 1 heterocycles. The molecule has 1 aliphatic heterocycles. The molecule has 1 aromatic carbocycles. The van der Waals surface area contributed by atoms with Crippen molar-refractivity contribution in [3.8, 4) is 0 Å². The standard InChI is InChI=1S/C15H22ClNO/c1-3-15(2,11-16)17-10-14-13-7-5-4-6-12(13)8-9-18-14/h4-7,14,17H,3,8-11H2,1-2H3. The number of rotatable bonds is 5. The van der Waals surface area contributed by atoms with Gasteiger partial charge in [0, 0.05) is 18.0 Å². The van der Waals surface area contributed by atoms with Crippen molar-refractivity contribution in [1.29, 1.82) is 0 Å². The van der Waals surface area contributed by atoms with Crippen molar-refractivity contribution in [3.63, 3.8) is 0 Å². The van der Waals surface area contributed by atoms with Crippen LogP contribution < -0.4 is 5.32 Å². The zero-order chi connectivity index (χ0) is 13.0. The van der Waals surface area contributed by atoms with E-state index in [9.17, 15) is 0 Å². The van der Waals surface area contributed by atoms with Gasteiger partial charge in [-0.15, -0.1) is 11.6 Å². The van der Waals surface area contributed by atoms with Gasteiger partial charge in [-0.1, -0.05) is 31.2 Å². The van der Waals surface area contributed by atoms with E-state index in [1.807, 2.05) is 0 Å². The fraction of sp³-hybridized carbons (Fsp3) is 0.600. The molecule has 2 atom stereocenters. The molecule has 0 saturated heterocycles. The average molecular weight is 268 g/mol. The Morgan fingerprint density at radius 2 is 2.22 bits per heavy atom. The first-order valence-corrected chi connectivity index (χ1v) is 7.22. The summed E-state index contributed by atoms with van der Waals surface area (Å²) in [6.45, 7) is 5.96. The Labute approximate surface area is 115 Å². The lowest BCUT2D eigenvalue weighted by Gasteiger charge is -2.32. The molecule has 0 aromatic heterocycles. The van der Waals surface area contributed by atoms with E-state index >= 15 is 0 Å². The Hall–Kier alpha value is -0.570. The highest BCUT2D eigenvalue weighted by Gasteiger charge is 2.25. The molecular formula is C15H22ClNO. The molecule has 0 spiro atoms. The summed E-state index contributed by atoms with van der Waals surface area (Å²) in [4.78, 5) is 0. The summed E-state index contributed by atoms with van der Waals surface area (Å²) < 4.78 is 5.88. The van der Waals surface area contributed by atoms with Gasteiger partial charge in [-0.05, 0) is 30.9 Å². The van der Waals surface area contributed by atoms with Crippen molar-refractivity contribution in [3.05, 3.63) is 35.4 Å². The van der Waals surface area contributed by atoms with Gasteiger partial charge < -0.3 is 10.1 Å². The van der Waals surface area contributed by atoms with Crippen LogP contribution in [-0.2, 0) is 11.2 Å². The molecule has 100 valence electrons. The number of fused-ring (bicyclic) bond motifs is 1. The number of hydrogen-bond donors (Lipinski definition) is 1. The molecule has 0 radical (unpaired) electrons. The maximum absolute atomic E-state index is 6.02. The Morgan fingerprint density at radius 1 is 1.44 bits per heavy atom. The van der Waals surface area contributed by atoms with E-state index in [2.05, 4.69) is 43.4 Å². The Bertz CT molecular complexity index is 390. The van der Waals surface area contributed by atoms with Gasteiger partial charge in [-0.2, -0.15) is 0 Å². The molecule has 0 aliphatic carbocycles. The van der Waals surface area contributed by atoms with Gasteiger partial charge in [0.25, 0.3) is 0 Å². The van der Waals surface area contributed by atoms with Crippen molar-refractivity contribution in [2.45, 2.75) is 38.3 Å². The van der Waals surface area contributed by atoms with Gasteiger partial charge >= 0.3 is 0 Å². The highest BCUT2D eigenvalue weighted by atomic mass is 35.5. The van der Waals surface area contributed by atoms with Crippen molar-refractivity contribution in [2.75, 3.05) is 19.0 Å². The van der Waals surface area contributed by atoms with Crippen molar-refractivity contribution in [1.82, 2.24) is 5.32 Å². The normalized spacial score (nSPS) is 22.3. The van der Waals surface area contributed by atoms with Crippen LogP contribution >= 0.6 is 11.6 Å². The van der Waals surface area contributed by atoms with Crippen LogP contribution in [0.25, 0.3) is 0 Å². The zero-order valence-corrected chi connectivity index (χ0v) is 12.0. The second kappa shape index (κ2) is 6.05. The molecule has 0 fully saturated rings. The molecule has 1 aliphatic rings. The summed E-state index contributed by atoms with van der Waals surface area (Å²) in [6.07, 6.45) is 2.20. The number of benzene rings is 1. The quantitative estimate of drug-likeness (QED) is 0.827. The summed E-state index contributed by atoms with van der Waals surface area (Å²) in [5.41, 5.74) is 2.74. The first-order valence-electron chi connectivity index (χ1n) is 6.69. The summed E-state index contributed by atoms with van der Waals surface area (Å²) in [5.74, 6) is 0.623. The van der Waals surface area contributed by atoms with Crippen LogP contribution in [0.3, 0.4) is 0 Å². The van der Waals surface area contributed by atoms with E-state index in [4.69, 9.17) is 16.3 Å². The van der Waals surface area contributed by atoms with E-state index in [-0.39, 0.29) is 11.6 Å². The maximum atomic E-state index is 6.02. The van der Waals surface area contributed by atoms with Gasteiger partial charge in [-0.25, -0.2) is 0 Å². The largest absolute Gasteiger partial charge is 0.372 e. The lowest BCUT2D eigenvalue weighted by Crippen LogP contribution is -2.46. The van der Waals surface area contributed by atoms with Crippen LogP contribution in [0.5, 0.6) is 0 Å². The molecule has 3 heteroatoms. The number of ether oxygens (including phenoxy) is 1. The zero-order valence-electron chi connectivity index (χ0n) is 11.2. The molecule has 1 aromatic rings. The lowest BCUT2D eigenvalue weighted by molar-refractivity contribution is 0.0378. The van der Waals surface area contributed by atoms with Crippen molar-refractivity contribution >= 4 is 11.6 Å². The van der Waals surface area contributed by atoms with E-state index in [0.29, 0.717) is 5.88 Å². The minimum atomic E-state index is -0.00267. The summed E-state index contributed by atoms with van der Waals surface area (Å²) >= 11 is 6.02. The van der Waals surface area contributed by atoms with Crippen LogP contribution in [0.2, 0.25) is 0 Å². The first-order chi connectivity index (χ1) is 8.68. The second-order valence-corrected chi connectivity index (χ2v) is 5.50. The monoisotopic (exact) mass is 267 g/mol. The van der Waals surface area contributed by atoms with Crippen LogP contribution in [0, 0.1) is 0 Å². The molecule has 0 saturated carbocycles. The average Bonchev–Trinajstić information content (AvgIpc) is 2.44. The number of nitrogens with one attached hydrogen (secondary N) is 1. The van der Waals surface area contributed by atoms with Crippen LogP contribution in [-0.4, -0.2) is 24.6 Å². The van der Waals surface area contributed by atoms with Crippen LogP contribution in [0.4, 0.5) is 0 Å². The summed E-state index contributed by atoms with van der Waals surface area (Å²) in [6, 6.07) is 8.56. The molecule has 1 N–H and O–H groups in total. The fourth-order valence-corrected chi connectivity index (χ4v) is 2.54. The maximum Gasteiger partial charge on any atom is 0.0952 e. The van der Waals surface area contributed by atoms with Gasteiger partial charge in [0.2, 0.25) is 0 Å². The molecule has 0 bridgehead atoms. The lowest BCUT2D eigenvalue weighted by atomic mass is 9.96. The van der Waals surface area contributed by atoms with Gasteiger partial charge in [0.15, 0.2) is 0 Å². The molecular weight excluding hydrogens is 246 g/mol. The Balaban J connectivity index is 2.03. The fourth-order valence-electron chi connectivity index (χ4n) is 2.25. The third kappa shape index (κ3) is 3.05. The molecule has 2 nitrogen and oxygen atoms in total. The van der Waals surface area contributed by atoms with Gasteiger partial charge in [0.05, 0.1) is 12.7 Å². The third-order valence-electron chi connectivity index (χ3n) is 3.88. The number of hydrogen-bond acceptors (Lipinski definition) is 2. The third-order valence-corrected chi connectivity index (χ3v) is 4.47. The smallest absolute Gasteiger partial charge is 0.0952 e. The molecule has 2 unspecified atom stereocenters. The summed E-state index contributed by atoms with van der Waals surface area (Å²) in [5, 5.41) is 3.55. The summed E-state index contributed by atoms with van der Waals surface area (Å²) in [7, 11) is 0. The van der Waals surface area contributed by atoms with Gasteiger partial charge in [0.1, 0.15) is 0 Å². The highest BCUT2D eigenvalue weighted by molar-refractivity contribution is 6.18. The number of halogens is 1. The van der Waals surface area contributed by atoms with E-state index in [1.54, 1.807) is 0 Å². The molecule has 0 amide bonds. The minimum Gasteiger partial charge on any atom is -0.372 e. The number of alkyl halides is 1. The van der Waals surface area contributed by atoms with Crippen molar-refractivity contribution < 1.29 is 4.74 Å². The van der Waals surface area contributed by atoms with E-state index < -0.39 is 0 Å². The Kier molecular flexibility index (Phi) is 4.66. The minimum absolute atomic E-state index is 0.00267. The predicted molar refractivity (Wildman–Crippen MR) is 76.3 cm³/mol. The molecule has 2 rings (SSSR count). The first kappa shape index (κ1) is 13.9. The van der Waals surface area contributed by atoms with E-state index in [1.165, 1.54) is 11.1 Å². The molecule has 18 heavy (non-hydrogen) atoms. The predicted octanol–water partition coefficient (Wildman–Crippen LogP) is 3.30.